The third-order valence-corrected chi connectivity index (χ3v) is 0.309. The number of methoxy groups -OCH3 is 1. The first-order chi connectivity index (χ1) is 3.31. The lowest BCUT2D eigenvalue weighted by atomic mass is 10.7. The molecule has 0 unspecified atom stereocenters. The van der Waals surface area contributed by atoms with Gasteiger partial charge in [-0.1, -0.05) is 6.58 Å². The van der Waals surface area contributed by atoms with Crippen molar-refractivity contribution in [2.45, 2.75) is 0 Å². The molecule has 2 heteroatoms. The molecule has 0 aliphatic carbocycles. The highest BCUT2D eigenvalue weighted by Gasteiger charge is 1.81. The average molecular weight is 87.1 g/mol. The lowest BCUT2D eigenvalue weighted by Crippen LogP contribution is -1.91. The van der Waals surface area contributed by atoms with Gasteiger partial charge in [0.2, 0.25) is 0 Å². The monoisotopic (exact) mass is 87.0 g/mol. The number of ether oxygens (including phenoxy) is 1. The third-order valence-electron chi connectivity index (χ3n) is 0.309. The van der Waals surface area contributed by atoms with Gasteiger partial charge in [0.05, 0.1) is 8.46 Å². The number of hydrogen-bond donors (Lipinski definition) is 0. The Morgan fingerprint density at radius 2 is 3.00 bits per heavy atom. The Hall–Kier alpha value is -0.790. The summed E-state index contributed by atoms with van der Waals surface area (Å²) in [5, 5.41) is 0. The highest BCUT2D eigenvalue weighted by Crippen LogP contribution is 1.67. The number of carbonyl (C=O) groups is 1. The highest BCUT2D eigenvalue weighted by atomic mass is 16.5. The van der Waals surface area contributed by atoms with E-state index in [1.165, 1.54) is 0 Å². The van der Waals surface area contributed by atoms with Gasteiger partial charge >= 0.3 is 5.97 Å². The largest absolute Gasteiger partial charge is 0.466 e. The molecular weight excluding hydrogens is 80.0 g/mol. The van der Waals surface area contributed by atoms with E-state index < -0.39 is 5.97 Å². The topological polar surface area (TPSA) is 26.3 Å². The Balaban J connectivity index is 3.17. The summed E-state index contributed by atoms with van der Waals surface area (Å²) in [5.74, 6) is -0.546. The van der Waals surface area contributed by atoms with Crippen LogP contribution in [0.1, 0.15) is 1.37 Å². The molecule has 2 nitrogen and oxygen atoms in total. The standard InChI is InChI=1S/C4H6O2/c1-3-4(5)6-2/h3H,1H2,2H3/i2D. The van der Waals surface area contributed by atoms with Crippen LogP contribution >= 0.6 is 0 Å². The SMILES string of the molecule is [2H]COC(=O)C=C. The molecule has 0 N–H and O–H groups in total. The van der Waals surface area contributed by atoms with Crippen molar-refractivity contribution in [2.24, 2.45) is 0 Å². The number of carbonyl (C=O) groups excluding carboxylic acids is 1. The smallest absolute Gasteiger partial charge is 0.329 e. The van der Waals surface area contributed by atoms with Crippen molar-refractivity contribution < 1.29 is 10.9 Å². The second kappa shape index (κ2) is 2.45. The predicted octanol–water partition coefficient (Wildman–Crippen LogP) is 0.345. The Bertz CT molecular complexity index is 79.8. The summed E-state index contributed by atoms with van der Waals surface area (Å²) in [4.78, 5) is 9.95. The van der Waals surface area contributed by atoms with Crippen LogP contribution in [0.2, 0.25) is 0 Å². The Morgan fingerprint density at radius 3 is 3.17 bits per heavy atom. The maximum absolute atomic E-state index is 9.95. The molecule has 0 aromatic rings. The van der Waals surface area contributed by atoms with Crippen LogP contribution in [-0.4, -0.2) is 13.1 Å². The summed E-state index contributed by atoms with van der Waals surface area (Å²) < 4.78 is 10.4. The van der Waals surface area contributed by atoms with E-state index in [0.29, 0.717) is 0 Å². The average Bonchev–Trinajstić information content (AvgIpc) is 1.68. The van der Waals surface area contributed by atoms with Crippen molar-refractivity contribution >= 4 is 5.97 Å². The summed E-state index contributed by atoms with van der Waals surface area (Å²) in [6.45, 7) is 3.12. The summed E-state index contributed by atoms with van der Waals surface area (Å²) >= 11 is 0. The highest BCUT2D eigenvalue weighted by molar-refractivity contribution is 5.80. The fraction of sp³-hybridized carbons (Fsp3) is 0.250. The van der Waals surface area contributed by atoms with Crippen molar-refractivity contribution in [1.29, 1.82) is 0 Å². The van der Waals surface area contributed by atoms with E-state index in [1.807, 2.05) is 0 Å². The lowest BCUT2D eigenvalue weighted by Gasteiger charge is -1.83. The second-order valence-electron chi connectivity index (χ2n) is 0.667. The van der Waals surface area contributed by atoms with Crippen molar-refractivity contribution in [3.63, 3.8) is 0 Å². The molecule has 0 radical (unpaired) electrons. The van der Waals surface area contributed by atoms with Crippen LogP contribution < -0.4 is 0 Å². The van der Waals surface area contributed by atoms with Gasteiger partial charge in [-0.15, -0.1) is 0 Å². The molecular formula is C4H6O2. The van der Waals surface area contributed by atoms with E-state index in [0.717, 1.165) is 6.08 Å². The normalized spacial score (nSPS) is 9.00. The minimum atomic E-state index is -0.546. The lowest BCUT2D eigenvalue weighted by molar-refractivity contribution is -0.134. The van der Waals surface area contributed by atoms with Crippen LogP contribution in [0.3, 0.4) is 0 Å². The van der Waals surface area contributed by atoms with Gasteiger partial charge in [-0.3, -0.25) is 0 Å². The van der Waals surface area contributed by atoms with Crippen LogP contribution in [0.4, 0.5) is 0 Å². The van der Waals surface area contributed by atoms with Crippen molar-refractivity contribution in [1.82, 2.24) is 0 Å². The molecule has 0 fully saturated rings. The summed E-state index contributed by atoms with van der Waals surface area (Å²) in [5.41, 5.74) is 0. The Labute approximate surface area is 37.8 Å². The van der Waals surface area contributed by atoms with Gasteiger partial charge in [-0.05, 0) is 0 Å². The van der Waals surface area contributed by atoms with E-state index in [-0.39, 0.29) is 7.09 Å². The molecule has 0 aromatic carbocycles. The molecule has 0 saturated carbocycles. The zero-order valence-corrected chi connectivity index (χ0v) is 3.31. The van der Waals surface area contributed by atoms with Crippen molar-refractivity contribution in [3.8, 4) is 0 Å². The molecule has 0 aliphatic rings. The first-order valence-corrected chi connectivity index (χ1v) is 1.39. The first-order valence-electron chi connectivity index (χ1n) is 2.10. The molecule has 0 saturated heterocycles. The maximum atomic E-state index is 9.95. The molecule has 0 spiro atoms. The molecule has 0 aromatic heterocycles. The van der Waals surface area contributed by atoms with Crippen molar-refractivity contribution in [2.75, 3.05) is 7.09 Å². The Morgan fingerprint density at radius 1 is 2.33 bits per heavy atom. The van der Waals surface area contributed by atoms with Crippen LogP contribution in [0.5, 0.6) is 0 Å². The van der Waals surface area contributed by atoms with Gasteiger partial charge in [0.15, 0.2) is 0 Å². The fourth-order valence-corrected chi connectivity index (χ4v) is 0.0589. The second-order valence-corrected chi connectivity index (χ2v) is 0.667. The molecule has 0 aliphatic heterocycles. The van der Waals surface area contributed by atoms with Crippen molar-refractivity contribution in [3.05, 3.63) is 12.7 Å². The molecule has 6 heavy (non-hydrogen) atoms. The zero-order valence-electron chi connectivity index (χ0n) is 4.31. The van der Waals surface area contributed by atoms with E-state index in [1.54, 1.807) is 0 Å². The molecule has 0 amide bonds. The number of rotatable bonds is 1. The fourth-order valence-electron chi connectivity index (χ4n) is 0.0589. The number of hydrogen-bond acceptors (Lipinski definition) is 2. The van der Waals surface area contributed by atoms with Gasteiger partial charge < -0.3 is 4.74 Å². The Kier molecular flexibility index (Phi) is 1.39. The van der Waals surface area contributed by atoms with E-state index in [4.69, 9.17) is 1.37 Å². The van der Waals surface area contributed by atoms with Gasteiger partial charge in [0.25, 0.3) is 0 Å². The van der Waals surface area contributed by atoms with Gasteiger partial charge in [-0.2, -0.15) is 0 Å². The van der Waals surface area contributed by atoms with Crippen LogP contribution in [0.15, 0.2) is 12.7 Å². The molecule has 34 valence electrons. The molecule has 0 bridgehead atoms. The van der Waals surface area contributed by atoms with E-state index in [9.17, 15) is 4.79 Å². The summed E-state index contributed by atoms with van der Waals surface area (Å²) in [7, 11) is -0.329. The number of esters is 1. The van der Waals surface area contributed by atoms with E-state index >= 15 is 0 Å². The van der Waals surface area contributed by atoms with Crippen LogP contribution in [-0.2, 0) is 9.53 Å². The van der Waals surface area contributed by atoms with Crippen LogP contribution in [0.25, 0.3) is 0 Å². The third kappa shape index (κ3) is 1.52. The summed E-state index contributed by atoms with van der Waals surface area (Å²) in [6, 6.07) is 0. The molecule has 0 atom stereocenters. The first kappa shape index (κ1) is 3.40. The van der Waals surface area contributed by atoms with Gasteiger partial charge in [0, 0.05) is 6.08 Å². The van der Waals surface area contributed by atoms with Gasteiger partial charge in [0.1, 0.15) is 0 Å². The predicted molar refractivity (Wildman–Crippen MR) is 22.2 cm³/mol. The molecule has 0 heterocycles. The minimum Gasteiger partial charge on any atom is -0.466 e. The minimum absolute atomic E-state index is 0.329. The molecule has 0 rings (SSSR count). The van der Waals surface area contributed by atoms with E-state index in [2.05, 4.69) is 11.3 Å². The summed E-state index contributed by atoms with van der Waals surface area (Å²) in [6.07, 6.45) is 1.02. The maximum Gasteiger partial charge on any atom is 0.329 e. The quantitative estimate of drug-likeness (QED) is 0.340. The van der Waals surface area contributed by atoms with Gasteiger partial charge in [-0.25, -0.2) is 4.79 Å². The zero-order chi connectivity index (χ0) is 5.70. The van der Waals surface area contributed by atoms with Crippen LogP contribution in [0, 0.1) is 0 Å².